The maximum atomic E-state index is 12.5. The van der Waals surface area contributed by atoms with Crippen LogP contribution in [0.1, 0.15) is 16.8 Å². The molecule has 1 aromatic carbocycles. The summed E-state index contributed by atoms with van der Waals surface area (Å²) in [5, 5.41) is 11.9. The van der Waals surface area contributed by atoms with E-state index < -0.39 is 0 Å². The maximum Gasteiger partial charge on any atom is 0.277 e. The van der Waals surface area contributed by atoms with Crippen LogP contribution >= 0.6 is 0 Å². The Bertz CT molecular complexity index is 1100. The summed E-state index contributed by atoms with van der Waals surface area (Å²) in [6, 6.07) is 9.93. The van der Waals surface area contributed by atoms with Gasteiger partial charge < -0.3 is 4.57 Å². The molecule has 0 radical (unpaired) electrons. The molecule has 0 atom stereocenters. The molecule has 24 heavy (non-hydrogen) atoms. The molecule has 0 saturated heterocycles. The van der Waals surface area contributed by atoms with Gasteiger partial charge in [0.1, 0.15) is 10.9 Å². The molecular formula is C18H17N5O. The Balaban J connectivity index is 2.19. The standard InChI is InChI=1S/C18H17N5O/c1-11-7-6-8-14(12(11)2)23-18(22-9-4-5-10-22)15-16(21-23)13(3)19-20-17(15)24/h4-10H,1-3H3,(H,20,24). The van der Waals surface area contributed by atoms with Crippen LogP contribution < -0.4 is 5.56 Å². The van der Waals surface area contributed by atoms with Gasteiger partial charge in [-0.05, 0) is 50.1 Å². The normalized spacial score (nSPS) is 11.3. The van der Waals surface area contributed by atoms with Crippen molar-refractivity contribution in [3.8, 4) is 11.5 Å². The minimum Gasteiger partial charge on any atom is -0.308 e. The second kappa shape index (κ2) is 5.19. The van der Waals surface area contributed by atoms with E-state index in [1.807, 2.05) is 52.8 Å². The number of hydrogen-bond acceptors (Lipinski definition) is 3. The predicted molar refractivity (Wildman–Crippen MR) is 93.0 cm³/mol. The smallest absolute Gasteiger partial charge is 0.277 e. The lowest BCUT2D eigenvalue weighted by Gasteiger charge is -2.12. The Hall–Kier alpha value is -3.15. The van der Waals surface area contributed by atoms with Gasteiger partial charge in [0.2, 0.25) is 0 Å². The lowest BCUT2D eigenvalue weighted by Crippen LogP contribution is -2.12. The number of aromatic nitrogens is 5. The van der Waals surface area contributed by atoms with Gasteiger partial charge in [-0.3, -0.25) is 4.79 Å². The first-order chi connectivity index (χ1) is 11.6. The van der Waals surface area contributed by atoms with Gasteiger partial charge in [-0.1, -0.05) is 12.1 Å². The molecule has 0 aliphatic heterocycles. The molecule has 6 nitrogen and oxygen atoms in total. The zero-order valence-corrected chi connectivity index (χ0v) is 13.7. The number of hydrogen-bond donors (Lipinski definition) is 1. The van der Waals surface area contributed by atoms with E-state index in [2.05, 4.69) is 30.1 Å². The minimum atomic E-state index is -0.240. The third kappa shape index (κ3) is 2.00. The Labute approximate surface area is 138 Å². The fourth-order valence-corrected chi connectivity index (χ4v) is 2.96. The van der Waals surface area contributed by atoms with Gasteiger partial charge in [-0.15, -0.1) is 0 Å². The molecule has 120 valence electrons. The van der Waals surface area contributed by atoms with Gasteiger partial charge >= 0.3 is 0 Å². The van der Waals surface area contributed by atoms with Crippen molar-refractivity contribution in [1.82, 2.24) is 24.5 Å². The first kappa shape index (κ1) is 14.4. The quantitative estimate of drug-likeness (QED) is 0.618. The fourth-order valence-electron chi connectivity index (χ4n) is 2.96. The number of aryl methyl sites for hydroxylation is 2. The van der Waals surface area contributed by atoms with E-state index in [0.29, 0.717) is 16.6 Å². The van der Waals surface area contributed by atoms with E-state index in [1.54, 1.807) is 0 Å². The molecule has 1 N–H and O–H groups in total. The van der Waals surface area contributed by atoms with Crippen LogP contribution in [-0.2, 0) is 0 Å². The Morgan fingerprint density at radius 2 is 1.79 bits per heavy atom. The van der Waals surface area contributed by atoms with Crippen molar-refractivity contribution in [2.75, 3.05) is 0 Å². The van der Waals surface area contributed by atoms with Crippen LogP contribution in [-0.4, -0.2) is 24.5 Å². The van der Waals surface area contributed by atoms with E-state index >= 15 is 0 Å². The molecule has 0 bridgehead atoms. The lowest BCUT2D eigenvalue weighted by molar-refractivity contribution is 0.826. The molecule has 4 rings (SSSR count). The summed E-state index contributed by atoms with van der Waals surface area (Å²) in [7, 11) is 0. The summed E-state index contributed by atoms with van der Waals surface area (Å²) in [5.41, 5.74) is 4.32. The van der Waals surface area contributed by atoms with Crippen LogP contribution in [0.4, 0.5) is 0 Å². The Morgan fingerprint density at radius 1 is 1.04 bits per heavy atom. The molecule has 4 aromatic rings. The third-order valence-corrected chi connectivity index (χ3v) is 4.41. The molecular weight excluding hydrogens is 302 g/mol. The van der Waals surface area contributed by atoms with Crippen molar-refractivity contribution < 1.29 is 0 Å². The Kier molecular flexibility index (Phi) is 3.13. The zero-order valence-electron chi connectivity index (χ0n) is 13.7. The van der Waals surface area contributed by atoms with Gasteiger partial charge in [0.05, 0.1) is 11.4 Å². The van der Waals surface area contributed by atoms with Crippen LogP contribution in [0.25, 0.3) is 22.4 Å². The highest BCUT2D eigenvalue weighted by Gasteiger charge is 2.20. The maximum absolute atomic E-state index is 12.5. The second-order valence-electron chi connectivity index (χ2n) is 5.91. The summed E-state index contributed by atoms with van der Waals surface area (Å²) in [6.45, 7) is 5.97. The highest BCUT2D eigenvalue weighted by atomic mass is 16.1. The average molecular weight is 319 g/mol. The summed E-state index contributed by atoms with van der Waals surface area (Å²) in [5.74, 6) is 0.718. The molecule has 0 spiro atoms. The molecule has 3 heterocycles. The van der Waals surface area contributed by atoms with Crippen molar-refractivity contribution in [3.05, 3.63) is 69.9 Å². The number of benzene rings is 1. The lowest BCUT2D eigenvalue weighted by atomic mass is 10.1. The summed E-state index contributed by atoms with van der Waals surface area (Å²) >= 11 is 0. The number of aromatic amines is 1. The number of H-pyrrole nitrogens is 1. The molecule has 0 unspecified atom stereocenters. The van der Waals surface area contributed by atoms with Crippen LogP contribution in [0, 0.1) is 20.8 Å². The van der Waals surface area contributed by atoms with Crippen molar-refractivity contribution in [2.24, 2.45) is 0 Å². The van der Waals surface area contributed by atoms with Gasteiger partial charge in [0.25, 0.3) is 5.56 Å². The number of fused-ring (bicyclic) bond motifs is 1. The van der Waals surface area contributed by atoms with Gasteiger partial charge in [0, 0.05) is 12.4 Å². The highest BCUT2D eigenvalue weighted by Crippen LogP contribution is 2.26. The first-order valence-electron chi connectivity index (χ1n) is 7.76. The predicted octanol–water partition coefficient (Wildman–Crippen LogP) is 2.82. The zero-order chi connectivity index (χ0) is 16.8. The summed E-state index contributed by atoms with van der Waals surface area (Å²) in [4.78, 5) is 12.5. The fraction of sp³-hybridized carbons (Fsp3) is 0.167. The molecule has 0 saturated carbocycles. The van der Waals surface area contributed by atoms with Gasteiger partial charge in [-0.2, -0.15) is 10.2 Å². The molecule has 3 aromatic heterocycles. The van der Waals surface area contributed by atoms with Gasteiger partial charge in [-0.25, -0.2) is 9.78 Å². The van der Waals surface area contributed by atoms with E-state index in [1.165, 1.54) is 5.56 Å². The van der Waals surface area contributed by atoms with Crippen molar-refractivity contribution in [3.63, 3.8) is 0 Å². The van der Waals surface area contributed by atoms with E-state index in [4.69, 9.17) is 5.10 Å². The number of rotatable bonds is 2. The van der Waals surface area contributed by atoms with Crippen LogP contribution in [0.5, 0.6) is 0 Å². The monoisotopic (exact) mass is 319 g/mol. The SMILES string of the molecule is Cc1cccc(-n2nc3c(C)n[nH]c(=O)c3c2-n2cccc2)c1C. The van der Waals surface area contributed by atoms with Gasteiger partial charge in [0.15, 0.2) is 5.82 Å². The van der Waals surface area contributed by atoms with Crippen LogP contribution in [0.2, 0.25) is 0 Å². The second-order valence-corrected chi connectivity index (χ2v) is 5.91. The van der Waals surface area contributed by atoms with Crippen LogP contribution in [0.3, 0.4) is 0 Å². The van der Waals surface area contributed by atoms with E-state index in [-0.39, 0.29) is 5.56 Å². The molecule has 0 aliphatic carbocycles. The molecule has 6 heteroatoms. The highest BCUT2D eigenvalue weighted by molar-refractivity contribution is 5.87. The van der Waals surface area contributed by atoms with Crippen molar-refractivity contribution in [1.29, 1.82) is 0 Å². The molecule has 0 aliphatic rings. The average Bonchev–Trinajstić information content (AvgIpc) is 3.21. The molecule has 0 fully saturated rings. The van der Waals surface area contributed by atoms with E-state index in [0.717, 1.165) is 17.1 Å². The minimum absolute atomic E-state index is 0.240. The third-order valence-electron chi connectivity index (χ3n) is 4.41. The molecule has 0 amide bonds. The summed E-state index contributed by atoms with van der Waals surface area (Å²) in [6.07, 6.45) is 3.82. The summed E-state index contributed by atoms with van der Waals surface area (Å²) < 4.78 is 3.74. The topological polar surface area (TPSA) is 68.5 Å². The number of nitrogens with zero attached hydrogens (tertiary/aromatic N) is 4. The van der Waals surface area contributed by atoms with E-state index in [9.17, 15) is 4.79 Å². The largest absolute Gasteiger partial charge is 0.308 e. The van der Waals surface area contributed by atoms with Crippen LogP contribution in [0.15, 0.2) is 47.5 Å². The Morgan fingerprint density at radius 3 is 2.54 bits per heavy atom. The van der Waals surface area contributed by atoms with Crippen molar-refractivity contribution in [2.45, 2.75) is 20.8 Å². The van der Waals surface area contributed by atoms with Crippen molar-refractivity contribution >= 4 is 10.9 Å². The number of nitrogens with one attached hydrogen (secondary N) is 1. The first-order valence-corrected chi connectivity index (χ1v) is 7.76.